The Balaban J connectivity index is 1.51. The first-order chi connectivity index (χ1) is 14.5. The zero-order valence-electron chi connectivity index (χ0n) is 16.8. The van der Waals surface area contributed by atoms with Gasteiger partial charge in [0.05, 0.1) is 4.90 Å². The van der Waals surface area contributed by atoms with Crippen molar-refractivity contribution in [3.8, 4) is 0 Å². The first-order valence-electron chi connectivity index (χ1n) is 10.1. The number of hydrogen-bond acceptors (Lipinski definition) is 3. The van der Waals surface area contributed by atoms with E-state index in [9.17, 15) is 13.2 Å². The molecular formula is C24H24N2O3S. The van der Waals surface area contributed by atoms with Crippen LogP contribution in [0, 0.1) is 0 Å². The molecule has 0 aromatic heterocycles. The van der Waals surface area contributed by atoms with E-state index in [1.54, 1.807) is 17.0 Å². The minimum absolute atomic E-state index is 0.0388. The fourth-order valence-electron chi connectivity index (χ4n) is 3.65. The fourth-order valence-corrected chi connectivity index (χ4v) is 4.67. The quantitative estimate of drug-likeness (QED) is 0.657. The molecule has 3 aromatic rings. The van der Waals surface area contributed by atoms with Crippen molar-refractivity contribution in [1.29, 1.82) is 0 Å². The van der Waals surface area contributed by atoms with Gasteiger partial charge in [0, 0.05) is 24.3 Å². The van der Waals surface area contributed by atoms with Crippen LogP contribution in [0.1, 0.15) is 34.0 Å². The van der Waals surface area contributed by atoms with Crippen molar-refractivity contribution in [3.05, 3.63) is 95.1 Å². The summed E-state index contributed by atoms with van der Waals surface area (Å²) in [5, 5.41) is 0. The van der Waals surface area contributed by atoms with Gasteiger partial charge in [-0.15, -0.1) is 0 Å². The summed E-state index contributed by atoms with van der Waals surface area (Å²) in [4.78, 5) is 14.9. The van der Waals surface area contributed by atoms with Crippen LogP contribution in [0.15, 0.2) is 77.7 Å². The number of rotatable bonds is 6. The van der Waals surface area contributed by atoms with Gasteiger partial charge in [-0.25, -0.2) is 13.1 Å². The van der Waals surface area contributed by atoms with Gasteiger partial charge in [-0.05, 0) is 59.9 Å². The first-order valence-corrected chi connectivity index (χ1v) is 11.5. The largest absolute Gasteiger partial charge is 0.308 e. The topological polar surface area (TPSA) is 66.5 Å². The molecule has 1 aliphatic heterocycles. The van der Waals surface area contributed by atoms with E-state index in [1.165, 1.54) is 0 Å². The minimum Gasteiger partial charge on any atom is -0.308 e. The predicted molar refractivity (Wildman–Crippen MR) is 118 cm³/mol. The molecule has 3 aromatic carbocycles. The highest BCUT2D eigenvalue weighted by Gasteiger charge is 2.26. The normalized spacial score (nSPS) is 13.3. The van der Waals surface area contributed by atoms with E-state index in [2.05, 4.69) is 4.72 Å². The number of anilines is 1. The number of carbonyl (C=O) groups excluding carboxylic acids is 1. The summed E-state index contributed by atoms with van der Waals surface area (Å²) in [5.41, 5.74) is 4.51. The van der Waals surface area contributed by atoms with Crippen LogP contribution in [0.3, 0.4) is 0 Å². The van der Waals surface area contributed by atoms with Crippen LogP contribution in [-0.4, -0.2) is 20.9 Å². The van der Waals surface area contributed by atoms with E-state index in [1.807, 2.05) is 67.6 Å². The van der Waals surface area contributed by atoms with E-state index in [0.717, 1.165) is 35.2 Å². The molecule has 0 saturated heterocycles. The van der Waals surface area contributed by atoms with Crippen molar-refractivity contribution in [2.75, 3.05) is 11.4 Å². The molecule has 0 spiro atoms. The van der Waals surface area contributed by atoms with E-state index in [0.29, 0.717) is 12.1 Å². The van der Waals surface area contributed by atoms with E-state index < -0.39 is 10.0 Å². The Bertz CT molecular complexity index is 1160. The van der Waals surface area contributed by atoms with Crippen LogP contribution in [0.5, 0.6) is 0 Å². The molecule has 4 rings (SSSR count). The van der Waals surface area contributed by atoms with Crippen molar-refractivity contribution in [2.45, 2.75) is 31.2 Å². The zero-order chi connectivity index (χ0) is 21.1. The zero-order valence-corrected chi connectivity index (χ0v) is 17.7. The molecule has 1 heterocycles. The highest BCUT2D eigenvalue weighted by Crippen LogP contribution is 2.30. The summed E-state index contributed by atoms with van der Waals surface area (Å²) in [7, 11) is -3.60. The maximum absolute atomic E-state index is 12.9. The average Bonchev–Trinajstić information content (AvgIpc) is 3.21. The molecule has 1 aliphatic rings. The minimum atomic E-state index is -3.60. The van der Waals surface area contributed by atoms with Crippen molar-refractivity contribution < 1.29 is 13.2 Å². The lowest BCUT2D eigenvalue weighted by Crippen LogP contribution is -2.29. The Hall–Kier alpha value is -2.96. The number of sulfonamides is 1. The van der Waals surface area contributed by atoms with E-state index >= 15 is 0 Å². The molecule has 0 unspecified atom stereocenters. The van der Waals surface area contributed by atoms with Crippen LogP contribution in [0.4, 0.5) is 5.69 Å². The molecule has 0 atom stereocenters. The molecule has 154 valence electrons. The fraction of sp³-hybridized carbons (Fsp3) is 0.208. The van der Waals surface area contributed by atoms with Gasteiger partial charge >= 0.3 is 0 Å². The summed E-state index contributed by atoms with van der Waals surface area (Å²) in [5.74, 6) is -0.0388. The molecular weight excluding hydrogens is 396 g/mol. The van der Waals surface area contributed by atoms with Crippen molar-refractivity contribution >= 4 is 21.6 Å². The molecule has 0 fully saturated rings. The second kappa shape index (κ2) is 8.42. The number of fused-ring (bicyclic) bond motifs is 1. The smallest absolute Gasteiger partial charge is 0.258 e. The van der Waals surface area contributed by atoms with Gasteiger partial charge in [-0.2, -0.15) is 0 Å². The van der Waals surface area contributed by atoms with E-state index in [4.69, 9.17) is 0 Å². The molecule has 30 heavy (non-hydrogen) atoms. The van der Waals surface area contributed by atoms with Crippen LogP contribution in [-0.2, 0) is 29.4 Å². The summed E-state index contributed by atoms with van der Waals surface area (Å²) in [6.07, 6.45) is 1.66. The Kier molecular flexibility index (Phi) is 5.70. The monoisotopic (exact) mass is 420 g/mol. The molecule has 1 amide bonds. The van der Waals surface area contributed by atoms with Crippen LogP contribution in [0.2, 0.25) is 0 Å². The standard InChI is InChI=1S/C24H24N2O3S/c1-2-18-9-12-22(13-10-18)30(28,29)25-17-19-8-11-20-14-15-26(23(20)16-19)24(27)21-6-4-3-5-7-21/h3-13,16,25H,2,14-15,17H2,1H3. The number of nitrogens with one attached hydrogen (secondary N) is 1. The molecule has 6 heteroatoms. The molecule has 1 N–H and O–H groups in total. The Morgan fingerprint density at radius 2 is 1.67 bits per heavy atom. The van der Waals surface area contributed by atoms with Gasteiger partial charge < -0.3 is 4.90 Å². The average molecular weight is 421 g/mol. The number of amides is 1. The van der Waals surface area contributed by atoms with Gasteiger partial charge in [-0.3, -0.25) is 4.79 Å². The Morgan fingerprint density at radius 1 is 0.967 bits per heavy atom. The molecule has 0 saturated carbocycles. The second-order valence-electron chi connectivity index (χ2n) is 7.36. The summed E-state index contributed by atoms with van der Waals surface area (Å²) in [6, 6.07) is 21.9. The van der Waals surface area contributed by atoms with Gasteiger partial charge in [-0.1, -0.05) is 49.4 Å². The van der Waals surface area contributed by atoms with Crippen LogP contribution < -0.4 is 9.62 Å². The Labute approximate surface area is 177 Å². The number of hydrogen-bond donors (Lipinski definition) is 1. The Morgan fingerprint density at radius 3 is 2.37 bits per heavy atom. The van der Waals surface area contributed by atoms with Gasteiger partial charge in [0.1, 0.15) is 0 Å². The number of carbonyl (C=O) groups is 1. The van der Waals surface area contributed by atoms with Gasteiger partial charge in [0.15, 0.2) is 0 Å². The predicted octanol–water partition coefficient (Wildman–Crippen LogP) is 3.93. The third kappa shape index (κ3) is 4.15. The lowest BCUT2D eigenvalue weighted by atomic mass is 10.1. The lowest BCUT2D eigenvalue weighted by molar-refractivity contribution is 0.0989. The highest BCUT2D eigenvalue weighted by atomic mass is 32.2. The highest BCUT2D eigenvalue weighted by molar-refractivity contribution is 7.89. The summed E-state index contributed by atoms with van der Waals surface area (Å²) < 4.78 is 27.9. The maximum Gasteiger partial charge on any atom is 0.258 e. The number of aryl methyl sites for hydroxylation is 1. The third-order valence-electron chi connectivity index (χ3n) is 5.42. The number of nitrogens with zero attached hydrogens (tertiary/aromatic N) is 1. The van der Waals surface area contributed by atoms with Gasteiger partial charge in [0.25, 0.3) is 5.91 Å². The first kappa shape index (κ1) is 20.3. The lowest BCUT2D eigenvalue weighted by Gasteiger charge is -2.18. The summed E-state index contributed by atoms with van der Waals surface area (Å²) >= 11 is 0. The summed E-state index contributed by atoms with van der Waals surface area (Å²) in [6.45, 7) is 2.82. The van der Waals surface area contributed by atoms with Crippen LogP contribution >= 0.6 is 0 Å². The van der Waals surface area contributed by atoms with Crippen molar-refractivity contribution in [3.63, 3.8) is 0 Å². The molecule has 0 aliphatic carbocycles. The third-order valence-corrected chi connectivity index (χ3v) is 6.84. The maximum atomic E-state index is 12.9. The molecule has 0 radical (unpaired) electrons. The SMILES string of the molecule is CCc1ccc(S(=O)(=O)NCc2ccc3c(c2)N(C(=O)c2ccccc2)CC3)cc1. The molecule has 5 nitrogen and oxygen atoms in total. The van der Waals surface area contributed by atoms with E-state index in [-0.39, 0.29) is 17.3 Å². The van der Waals surface area contributed by atoms with Crippen LogP contribution in [0.25, 0.3) is 0 Å². The number of benzene rings is 3. The second-order valence-corrected chi connectivity index (χ2v) is 9.12. The van der Waals surface area contributed by atoms with Gasteiger partial charge in [0.2, 0.25) is 10.0 Å². The molecule has 0 bridgehead atoms. The van der Waals surface area contributed by atoms with Crippen molar-refractivity contribution in [2.24, 2.45) is 0 Å². The van der Waals surface area contributed by atoms with Crippen molar-refractivity contribution in [1.82, 2.24) is 4.72 Å².